The SMILES string of the molecule is COc1ccnc(C(=O)N[C@H]2CCOC[C@@H](OCCCC(F)(F)F)[C@H](C)OC2=O)c1OC(C)=O. The first-order chi connectivity index (χ1) is 16.0. The molecule has 1 saturated heterocycles. The fraction of sp³-hybridized carbons (Fsp3) is 0.619. The second-order valence-corrected chi connectivity index (χ2v) is 7.44. The number of pyridine rings is 1. The number of ether oxygens (including phenoxy) is 5. The molecule has 2 heterocycles. The number of aromatic nitrogens is 1. The van der Waals surface area contributed by atoms with Gasteiger partial charge in [-0.05, 0) is 13.3 Å². The summed E-state index contributed by atoms with van der Waals surface area (Å²) in [6.07, 6.45) is -5.81. The van der Waals surface area contributed by atoms with Gasteiger partial charge in [0.15, 0.2) is 11.4 Å². The lowest BCUT2D eigenvalue weighted by atomic mass is 10.2. The molecule has 13 heteroatoms. The van der Waals surface area contributed by atoms with Crippen LogP contribution in [0.25, 0.3) is 0 Å². The number of nitrogens with zero attached hydrogens (tertiary/aromatic N) is 1. The number of hydrogen-bond donors (Lipinski definition) is 1. The number of hydrogen-bond acceptors (Lipinski definition) is 9. The van der Waals surface area contributed by atoms with E-state index in [1.54, 1.807) is 0 Å². The highest BCUT2D eigenvalue weighted by Gasteiger charge is 2.32. The van der Waals surface area contributed by atoms with E-state index in [1.807, 2.05) is 0 Å². The van der Waals surface area contributed by atoms with Crippen LogP contribution in [0.3, 0.4) is 0 Å². The van der Waals surface area contributed by atoms with Crippen molar-refractivity contribution in [2.45, 2.75) is 57.5 Å². The third-order valence-electron chi connectivity index (χ3n) is 4.73. The summed E-state index contributed by atoms with van der Waals surface area (Å²) < 4.78 is 63.3. The third-order valence-corrected chi connectivity index (χ3v) is 4.73. The molecule has 0 radical (unpaired) electrons. The number of carbonyl (C=O) groups is 3. The van der Waals surface area contributed by atoms with E-state index in [-0.39, 0.29) is 49.9 Å². The molecule has 34 heavy (non-hydrogen) atoms. The summed E-state index contributed by atoms with van der Waals surface area (Å²) in [6, 6.07) is 0.269. The maximum Gasteiger partial charge on any atom is 0.389 e. The van der Waals surface area contributed by atoms with Crippen LogP contribution in [0.15, 0.2) is 12.3 Å². The molecule has 1 N–H and O–H groups in total. The van der Waals surface area contributed by atoms with Crippen LogP contribution in [0.1, 0.15) is 43.6 Å². The van der Waals surface area contributed by atoms with Crippen molar-refractivity contribution in [2.24, 2.45) is 0 Å². The summed E-state index contributed by atoms with van der Waals surface area (Å²) in [4.78, 5) is 40.9. The number of carbonyl (C=O) groups excluding carboxylic acids is 3. The first-order valence-electron chi connectivity index (χ1n) is 10.5. The standard InChI is InChI=1S/C21H27F3N2O8/c1-12-16(32-9-4-7-21(22,23)24)11-31-10-6-14(20(29)33-12)26-19(28)17-18(34-13(2)27)15(30-3)5-8-25-17/h5,8,12,14,16H,4,6-7,9-11H2,1-3H3,(H,26,28)/t12-,14-,16+/m0/s1. The maximum atomic E-state index is 12.8. The van der Waals surface area contributed by atoms with Crippen molar-refractivity contribution in [1.29, 1.82) is 0 Å². The number of alkyl halides is 3. The molecular formula is C21H27F3N2O8. The van der Waals surface area contributed by atoms with Crippen molar-refractivity contribution in [3.05, 3.63) is 18.0 Å². The number of amides is 1. The second kappa shape index (κ2) is 12.5. The largest absolute Gasteiger partial charge is 0.493 e. The molecule has 0 saturated carbocycles. The first-order valence-corrected chi connectivity index (χ1v) is 10.5. The number of rotatable bonds is 8. The van der Waals surface area contributed by atoms with Gasteiger partial charge in [0.05, 0.1) is 13.7 Å². The molecule has 190 valence electrons. The molecule has 0 unspecified atom stereocenters. The van der Waals surface area contributed by atoms with Crippen LogP contribution in [0.5, 0.6) is 11.5 Å². The molecule has 3 atom stereocenters. The zero-order valence-electron chi connectivity index (χ0n) is 19.0. The van der Waals surface area contributed by atoms with Crippen LogP contribution >= 0.6 is 0 Å². The van der Waals surface area contributed by atoms with Crippen molar-refractivity contribution in [1.82, 2.24) is 10.3 Å². The zero-order chi connectivity index (χ0) is 25.3. The Kier molecular flexibility index (Phi) is 10.1. The van der Waals surface area contributed by atoms with Crippen LogP contribution < -0.4 is 14.8 Å². The van der Waals surface area contributed by atoms with E-state index in [4.69, 9.17) is 23.7 Å². The van der Waals surface area contributed by atoms with Crippen LogP contribution in [0.4, 0.5) is 13.2 Å². The highest BCUT2D eigenvalue weighted by atomic mass is 19.4. The summed E-state index contributed by atoms with van der Waals surface area (Å²) >= 11 is 0. The molecule has 1 aliphatic heterocycles. The van der Waals surface area contributed by atoms with E-state index >= 15 is 0 Å². The van der Waals surface area contributed by atoms with Crippen molar-refractivity contribution >= 4 is 17.8 Å². The zero-order valence-corrected chi connectivity index (χ0v) is 19.0. The number of nitrogens with one attached hydrogen (secondary N) is 1. The van der Waals surface area contributed by atoms with Gasteiger partial charge in [-0.25, -0.2) is 9.78 Å². The Labute approximate surface area is 194 Å². The van der Waals surface area contributed by atoms with Crippen LogP contribution in [0, 0.1) is 0 Å². The quantitative estimate of drug-likeness (QED) is 0.430. The van der Waals surface area contributed by atoms with Crippen LogP contribution in [0.2, 0.25) is 0 Å². The third kappa shape index (κ3) is 8.45. The van der Waals surface area contributed by atoms with E-state index < -0.39 is 48.7 Å². The minimum Gasteiger partial charge on any atom is -0.493 e. The topological polar surface area (TPSA) is 122 Å². The number of methoxy groups -OCH3 is 1. The number of halogens is 3. The van der Waals surface area contributed by atoms with E-state index in [9.17, 15) is 27.6 Å². The van der Waals surface area contributed by atoms with Crippen molar-refractivity contribution in [3.63, 3.8) is 0 Å². The summed E-state index contributed by atoms with van der Waals surface area (Å²) in [7, 11) is 1.32. The average Bonchev–Trinajstić information content (AvgIpc) is 2.81. The van der Waals surface area contributed by atoms with Crippen molar-refractivity contribution in [2.75, 3.05) is 26.9 Å². The Hall–Kier alpha value is -2.93. The molecule has 2 rings (SSSR count). The van der Waals surface area contributed by atoms with Gasteiger partial charge in [-0.2, -0.15) is 13.2 Å². The van der Waals surface area contributed by atoms with Crippen LogP contribution in [-0.2, 0) is 23.8 Å². The molecule has 1 aromatic rings. The number of cyclic esters (lactones) is 1. The minimum absolute atomic E-state index is 0.00479. The highest BCUT2D eigenvalue weighted by Crippen LogP contribution is 2.30. The lowest BCUT2D eigenvalue weighted by molar-refractivity contribution is -0.160. The van der Waals surface area contributed by atoms with Gasteiger partial charge in [0.25, 0.3) is 5.91 Å². The predicted molar refractivity (Wildman–Crippen MR) is 109 cm³/mol. The number of esters is 2. The monoisotopic (exact) mass is 492 g/mol. The fourth-order valence-electron chi connectivity index (χ4n) is 3.04. The molecule has 0 aliphatic carbocycles. The lowest BCUT2D eigenvalue weighted by Gasteiger charge is -2.24. The normalized spacial score (nSPS) is 21.5. The van der Waals surface area contributed by atoms with E-state index in [0.29, 0.717) is 0 Å². The Morgan fingerprint density at radius 1 is 1.32 bits per heavy atom. The van der Waals surface area contributed by atoms with Gasteiger partial charge in [-0.1, -0.05) is 0 Å². The van der Waals surface area contributed by atoms with E-state index in [2.05, 4.69) is 10.3 Å². The van der Waals surface area contributed by atoms with E-state index in [0.717, 1.165) is 6.92 Å². The van der Waals surface area contributed by atoms with Crippen molar-refractivity contribution in [3.8, 4) is 11.5 Å². The molecule has 0 bridgehead atoms. The predicted octanol–water partition coefficient (Wildman–Crippen LogP) is 2.19. The van der Waals surface area contributed by atoms with Gasteiger partial charge in [0.1, 0.15) is 18.2 Å². The van der Waals surface area contributed by atoms with Gasteiger partial charge in [0, 0.05) is 45.2 Å². The molecule has 1 aliphatic rings. The van der Waals surface area contributed by atoms with Gasteiger partial charge >= 0.3 is 18.1 Å². The van der Waals surface area contributed by atoms with Gasteiger partial charge in [-0.15, -0.1) is 0 Å². The Morgan fingerprint density at radius 3 is 2.71 bits per heavy atom. The molecular weight excluding hydrogens is 465 g/mol. The lowest BCUT2D eigenvalue weighted by Crippen LogP contribution is -2.44. The summed E-state index contributed by atoms with van der Waals surface area (Å²) in [5.41, 5.74) is -0.276. The Bertz CT molecular complexity index is 865. The first kappa shape index (κ1) is 27.3. The minimum atomic E-state index is -4.28. The molecule has 1 aromatic heterocycles. The Morgan fingerprint density at radius 2 is 2.06 bits per heavy atom. The Balaban J connectivity index is 2.05. The second-order valence-electron chi connectivity index (χ2n) is 7.44. The summed E-state index contributed by atoms with van der Waals surface area (Å²) in [5.74, 6) is -2.42. The van der Waals surface area contributed by atoms with Crippen LogP contribution in [-0.4, -0.2) is 74.2 Å². The molecule has 1 amide bonds. The van der Waals surface area contributed by atoms with Gasteiger partial charge < -0.3 is 29.0 Å². The fourth-order valence-corrected chi connectivity index (χ4v) is 3.04. The molecule has 10 nitrogen and oxygen atoms in total. The van der Waals surface area contributed by atoms with Gasteiger partial charge in [-0.3, -0.25) is 9.59 Å². The molecule has 0 aromatic carbocycles. The smallest absolute Gasteiger partial charge is 0.389 e. The summed E-state index contributed by atoms with van der Waals surface area (Å²) in [5, 5.41) is 2.48. The molecule has 0 spiro atoms. The van der Waals surface area contributed by atoms with Crippen molar-refractivity contribution < 1.29 is 51.2 Å². The van der Waals surface area contributed by atoms with Gasteiger partial charge in [0.2, 0.25) is 5.75 Å². The maximum absolute atomic E-state index is 12.8. The average molecular weight is 492 g/mol. The van der Waals surface area contributed by atoms with E-state index in [1.165, 1.54) is 26.3 Å². The molecule has 1 fully saturated rings. The highest BCUT2D eigenvalue weighted by molar-refractivity contribution is 5.98. The summed E-state index contributed by atoms with van der Waals surface area (Å²) in [6.45, 7) is 2.51.